The second-order valence-corrected chi connectivity index (χ2v) is 9.59. The highest BCUT2D eigenvalue weighted by Crippen LogP contribution is 2.34. The largest absolute Gasteiger partial charge is 0.573 e. The Morgan fingerprint density at radius 1 is 1.12 bits per heavy atom. The van der Waals surface area contributed by atoms with Gasteiger partial charge in [0.15, 0.2) is 0 Å². The molecular formula is C28H22ClF5N4O2. The van der Waals surface area contributed by atoms with Crippen molar-refractivity contribution < 1.29 is 31.5 Å². The number of carbonyl (C=O) groups is 1. The van der Waals surface area contributed by atoms with Crippen LogP contribution in [0.4, 0.5) is 26.7 Å². The molecule has 0 spiro atoms. The number of hydrogen-bond donors (Lipinski definition) is 1. The summed E-state index contributed by atoms with van der Waals surface area (Å²) in [5, 5.41) is 3.62. The highest BCUT2D eigenvalue weighted by atomic mass is 35.5. The summed E-state index contributed by atoms with van der Waals surface area (Å²) >= 11 is 6.09. The lowest BCUT2D eigenvalue weighted by molar-refractivity contribution is -0.274. The molecule has 0 saturated carbocycles. The molecular weight excluding hydrogens is 555 g/mol. The van der Waals surface area contributed by atoms with E-state index in [0.29, 0.717) is 48.3 Å². The predicted octanol–water partition coefficient (Wildman–Crippen LogP) is 6.70. The van der Waals surface area contributed by atoms with Gasteiger partial charge in [-0.25, -0.2) is 14.2 Å². The summed E-state index contributed by atoms with van der Waals surface area (Å²) in [5.74, 6) is -1.57. The normalized spacial score (nSPS) is 14.1. The quantitative estimate of drug-likeness (QED) is 0.205. The summed E-state index contributed by atoms with van der Waals surface area (Å²) in [5.41, 5.74) is 2.88. The fourth-order valence-corrected chi connectivity index (χ4v) is 4.98. The van der Waals surface area contributed by atoms with E-state index in [-0.39, 0.29) is 17.1 Å². The Morgan fingerprint density at radius 2 is 1.95 bits per heavy atom. The predicted molar refractivity (Wildman–Crippen MR) is 140 cm³/mol. The molecule has 1 N–H and O–H groups in total. The van der Waals surface area contributed by atoms with Crippen molar-refractivity contribution in [3.63, 3.8) is 0 Å². The van der Waals surface area contributed by atoms with Crippen LogP contribution in [0.25, 0.3) is 17.0 Å². The van der Waals surface area contributed by atoms with E-state index in [0.717, 1.165) is 5.56 Å². The number of alkyl halides is 3. The molecule has 40 heavy (non-hydrogen) atoms. The van der Waals surface area contributed by atoms with Crippen molar-refractivity contribution in [1.29, 1.82) is 0 Å². The maximum atomic E-state index is 13.5. The molecule has 208 valence electrons. The first-order chi connectivity index (χ1) is 19.1. The van der Waals surface area contributed by atoms with E-state index in [1.54, 1.807) is 18.2 Å². The van der Waals surface area contributed by atoms with Crippen molar-refractivity contribution in [2.75, 3.05) is 13.1 Å². The van der Waals surface area contributed by atoms with Crippen LogP contribution in [-0.4, -0.2) is 39.9 Å². The Hall–Kier alpha value is -3.96. The molecule has 0 unspecified atom stereocenters. The van der Waals surface area contributed by atoms with Gasteiger partial charge in [-0.2, -0.15) is 4.39 Å². The molecule has 6 nitrogen and oxygen atoms in total. The molecule has 4 aromatic rings. The van der Waals surface area contributed by atoms with Gasteiger partial charge in [0, 0.05) is 55.9 Å². The van der Waals surface area contributed by atoms with Crippen LogP contribution in [0, 0.1) is 11.8 Å². The van der Waals surface area contributed by atoms with Crippen LogP contribution in [0.2, 0.25) is 5.02 Å². The molecule has 2 aromatic heterocycles. The second kappa shape index (κ2) is 11.3. The third-order valence-electron chi connectivity index (χ3n) is 6.49. The smallest absolute Gasteiger partial charge is 0.406 e. The van der Waals surface area contributed by atoms with Gasteiger partial charge in [-0.3, -0.25) is 9.47 Å². The van der Waals surface area contributed by atoms with E-state index in [1.165, 1.54) is 47.2 Å². The second-order valence-electron chi connectivity index (χ2n) is 9.19. The van der Waals surface area contributed by atoms with E-state index in [9.17, 15) is 26.7 Å². The number of carbonyl (C=O) groups excluding carboxylic acids is 1. The van der Waals surface area contributed by atoms with Crippen molar-refractivity contribution in [2.24, 2.45) is 0 Å². The molecule has 1 aliphatic heterocycles. The number of pyridine rings is 1. The Kier molecular flexibility index (Phi) is 7.77. The monoisotopic (exact) mass is 576 g/mol. The first-order valence-corrected chi connectivity index (χ1v) is 12.6. The third-order valence-corrected chi connectivity index (χ3v) is 6.82. The lowest BCUT2D eigenvalue weighted by atomic mass is 10.0. The number of ether oxygens (including phenoxy) is 1. The van der Waals surface area contributed by atoms with Crippen LogP contribution in [-0.2, 0) is 19.5 Å². The Morgan fingerprint density at radius 3 is 2.70 bits per heavy atom. The minimum absolute atomic E-state index is 0.00563. The number of rotatable bonds is 6. The number of aromatic nitrogens is 2. The van der Waals surface area contributed by atoms with Gasteiger partial charge in [0.2, 0.25) is 5.95 Å². The standard InChI is InChI=1S/C28H22ClF5N4O2/c29-23-13-19(30)4-3-18(23)2-1-10-37-11-8-24-22(16-37)21-6-5-20(40-28(32,33)34)14-25(21)38(24)27(39)36-15-17-7-9-35-26(31)12-17/h1-7,9,12-14H,8,10-11,15-16H2,(H,36,39). The summed E-state index contributed by atoms with van der Waals surface area (Å²) in [6.07, 6.45) is 0.504. The van der Waals surface area contributed by atoms with Gasteiger partial charge in [0.25, 0.3) is 0 Å². The van der Waals surface area contributed by atoms with Crippen molar-refractivity contribution in [2.45, 2.75) is 25.9 Å². The van der Waals surface area contributed by atoms with Crippen molar-refractivity contribution in [3.05, 3.63) is 100.0 Å². The SMILES string of the molecule is O=C(NCc1ccnc(F)c1)n1c2c(c3ccc(OC(F)(F)F)cc31)CN(CC=Cc1ccc(F)cc1Cl)CC2. The van der Waals surface area contributed by atoms with E-state index < -0.39 is 29.9 Å². The zero-order valence-electron chi connectivity index (χ0n) is 20.8. The van der Waals surface area contributed by atoms with Gasteiger partial charge in [-0.1, -0.05) is 29.8 Å². The summed E-state index contributed by atoms with van der Waals surface area (Å²) < 4.78 is 71.0. The minimum atomic E-state index is -4.89. The van der Waals surface area contributed by atoms with Crippen LogP contribution >= 0.6 is 11.6 Å². The summed E-state index contributed by atoms with van der Waals surface area (Å²) in [6.45, 7) is 1.52. The Balaban J connectivity index is 1.42. The number of halogens is 6. The molecule has 2 aromatic carbocycles. The van der Waals surface area contributed by atoms with E-state index in [1.807, 2.05) is 6.08 Å². The fourth-order valence-electron chi connectivity index (χ4n) is 4.75. The minimum Gasteiger partial charge on any atom is -0.406 e. The van der Waals surface area contributed by atoms with E-state index in [2.05, 4.69) is 19.9 Å². The van der Waals surface area contributed by atoms with Gasteiger partial charge < -0.3 is 10.1 Å². The lowest BCUT2D eigenvalue weighted by Gasteiger charge is -2.27. The molecule has 5 rings (SSSR count). The molecule has 1 amide bonds. The lowest BCUT2D eigenvalue weighted by Crippen LogP contribution is -2.34. The van der Waals surface area contributed by atoms with Gasteiger partial charge in [-0.05, 0) is 53.1 Å². The number of nitrogens with one attached hydrogen (secondary N) is 1. The molecule has 0 fully saturated rings. The van der Waals surface area contributed by atoms with Crippen LogP contribution < -0.4 is 10.1 Å². The number of nitrogens with zero attached hydrogens (tertiary/aromatic N) is 3. The Bertz CT molecular complexity index is 1600. The maximum absolute atomic E-state index is 13.5. The maximum Gasteiger partial charge on any atom is 0.573 e. The fraction of sp³-hybridized carbons (Fsp3) is 0.214. The molecule has 1 aliphatic rings. The molecule has 0 radical (unpaired) electrons. The first kappa shape index (κ1) is 27.6. The Labute approximate surface area is 230 Å². The van der Waals surface area contributed by atoms with E-state index in [4.69, 9.17) is 11.6 Å². The van der Waals surface area contributed by atoms with Crippen molar-refractivity contribution >= 4 is 34.6 Å². The summed E-state index contributed by atoms with van der Waals surface area (Å²) in [4.78, 5) is 18.9. The van der Waals surface area contributed by atoms with Crippen molar-refractivity contribution in [1.82, 2.24) is 19.8 Å². The summed E-state index contributed by atoms with van der Waals surface area (Å²) in [6, 6.07) is 10.2. The number of amides is 1. The highest BCUT2D eigenvalue weighted by Gasteiger charge is 2.32. The van der Waals surface area contributed by atoms with Crippen LogP contribution in [0.3, 0.4) is 0 Å². The number of fused-ring (bicyclic) bond motifs is 3. The van der Waals surface area contributed by atoms with E-state index >= 15 is 0 Å². The highest BCUT2D eigenvalue weighted by molar-refractivity contribution is 6.32. The molecule has 0 saturated heterocycles. The number of benzene rings is 2. The van der Waals surface area contributed by atoms with Gasteiger partial charge >= 0.3 is 12.4 Å². The molecule has 0 bridgehead atoms. The van der Waals surface area contributed by atoms with Crippen LogP contribution in [0.15, 0.2) is 60.8 Å². The average Bonchev–Trinajstić information content (AvgIpc) is 3.20. The van der Waals surface area contributed by atoms with Gasteiger partial charge in [-0.15, -0.1) is 13.2 Å². The van der Waals surface area contributed by atoms with Crippen LogP contribution in [0.1, 0.15) is 22.4 Å². The first-order valence-electron chi connectivity index (χ1n) is 12.2. The topological polar surface area (TPSA) is 59.4 Å². The van der Waals surface area contributed by atoms with Crippen LogP contribution in [0.5, 0.6) is 5.75 Å². The third kappa shape index (κ3) is 6.26. The van der Waals surface area contributed by atoms with Crippen molar-refractivity contribution in [3.8, 4) is 5.75 Å². The zero-order valence-corrected chi connectivity index (χ0v) is 21.6. The zero-order chi connectivity index (χ0) is 28.4. The molecule has 0 aliphatic carbocycles. The number of hydrogen-bond acceptors (Lipinski definition) is 4. The summed E-state index contributed by atoms with van der Waals surface area (Å²) in [7, 11) is 0. The molecule has 12 heteroatoms. The molecule has 0 atom stereocenters. The average molecular weight is 577 g/mol. The molecule has 3 heterocycles. The van der Waals surface area contributed by atoms with Gasteiger partial charge in [0.05, 0.1) is 10.5 Å². The van der Waals surface area contributed by atoms with Gasteiger partial charge in [0.1, 0.15) is 11.6 Å².